The summed E-state index contributed by atoms with van der Waals surface area (Å²) < 4.78 is 7.23. The number of nitrogens with zero attached hydrogens (tertiary/aromatic N) is 6. The van der Waals surface area contributed by atoms with Crippen LogP contribution in [0, 0.1) is 0 Å². The van der Waals surface area contributed by atoms with Gasteiger partial charge in [-0.1, -0.05) is 24.8 Å². The molecule has 9 heteroatoms. The van der Waals surface area contributed by atoms with Crippen LogP contribution in [-0.4, -0.2) is 70.5 Å². The van der Waals surface area contributed by atoms with Crippen molar-refractivity contribution in [3.63, 3.8) is 0 Å². The van der Waals surface area contributed by atoms with Gasteiger partial charge < -0.3 is 14.5 Å². The number of aromatic nitrogens is 4. The Balaban J connectivity index is 1.48. The minimum Gasteiger partial charge on any atom is -0.496 e. The molecule has 0 saturated carbocycles. The Morgan fingerprint density at radius 1 is 1.05 bits per heavy atom. The lowest BCUT2D eigenvalue weighted by atomic mass is 10.1. The molecular weight excluding hydrogens is 480 g/mol. The van der Waals surface area contributed by atoms with Crippen molar-refractivity contribution in [3.8, 4) is 11.4 Å². The van der Waals surface area contributed by atoms with E-state index in [0.29, 0.717) is 29.1 Å². The molecule has 0 radical (unpaired) electrons. The number of piperazine rings is 1. The molecule has 194 valence electrons. The van der Waals surface area contributed by atoms with Gasteiger partial charge in [0.25, 0.3) is 5.56 Å². The van der Waals surface area contributed by atoms with Crippen LogP contribution in [0.2, 0.25) is 0 Å². The number of hydrogen-bond acceptors (Lipinski definition) is 8. The molecule has 1 aliphatic heterocycles. The lowest BCUT2D eigenvalue weighted by Gasteiger charge is -2.34. The van der Waals surface area contributed by atoms with Crippen molar-refractivity contribution < 1.29 is 9.53 Å². The van der Waals surface area contributed by atoms with E-state index in [1.54, 1.807) is 13.3 Å². The minimum absolute atomic E-state index is 0.0914. The van der Waals surface area contributed by atoms with Gasteiger partial charge in [0.1, 0.15) is 17.1 Å². The predicted octanol–water partition coefficient (Wildman–Crippen LogP) is 2.82. The molecule has 9 nitrogen and oxygen atoms in total. The van der Waals surface area contributed by atoms with Gasteiger partial charge in [0.2, 0.25) is 0 Å². The SMILES string of the molecule is C=CC(=O)Cc1cccc(-n2c(=O)cnc3cnc(Cc4ccc(N5CCN(C)CC5)cc4OC)nc32)c1. The van der Waals surface area contributed by atoms with Crippen LogP contribution < -0.4 is 15.2 Å². The van der Waals surface area contributed by atoms with Crippen molar-refractivity contribution in [1.29, 1.82) is 0 Å². The smallest absolute Gasteiger partial charge is 0.275 e. The highest BCUT2D eigenvalue weighted by Crippen LogP contribution is 2.28. The molecule has 38 heavy (non-hydrogen) atoms. The molecule has 5 rings (SSSR count). The van der Waals surface area contributed by atoms with Gasteiger partial charge in [-0.2, -0.15) is 0 Å². The molecule has 1 fully saturated rings. The summed E-state index contributed by atoms with van der Waals surface area (Å²) in [5, 5.41) is 0. The normalized spacial score (nSPS) is 14.0. The lowest BCUT2D eigenvalue weighted by molar-refractivity contribution is -0.114. The van der Waals surface area contributed by atoms with E-state index in [9.17, 15) is 9.59 Å². The van der Waals surface area contributed by atoms with Crippen LogP contribution in [0.1, 0.15) is 17.0 Å². The molecule has 0 aliphatic carbocycles. The van der Waals surface area contributed by atoms with Gasteiger partial charge in [0, 0.05) is 56.3 Å². The zero-order chi connectivity index (χ0) is 26.6. The van der Waals surface area contributed by atoms with E-state index in [-0.39, 0.29) is 17.8 Å². The van der Waals surface area contributed by atoms with E-state index in [0.717, 1.165) is 48.7 Å². The predicted molar refractivity (Wildman–Crippen MR) is 147 cm³/mol. The third-order valence-corrected chi connectivity index (χ3v) is 6.81. The van der Waals surface area contributed by atoms with Crippen LogP contribution in [0.4, 0.5) is 5.69 Å². The van der Waals surface area contributed by atoms with E-state index in [1.807, 2.05) is 24.3 Å². The van der Waals surface area contributed by atoms with Crippen molar-refractivity contribution >= 4 is 22.6 Å². The zero-order valence-corrected chi connectivity index (χ0v) is 21.6. The molecule has 4 aromatic rings. The van der Waals surface area contributed by atoms with Crippen LogP contribution in [0.3, 0.4) is 0 Å². The third kappa shape index (κ3) is 5.33. The number of fused-ring (bicyclic) bond motifs is 1. The van der Waals surface area contributed by atoms with Crippen LogP contribution >= 0.6 is 0 Å². The van der Waals surface area contributed by atoms with Gasteiger partial charge in [-0.25, -0.2) is 15.0 Å². The van der Waals surface area contributed by atoms with Gasteiger partial charge >= 0.3 is 0 Å². The molecule has 0 unspecified atom stereocenters. The summed E-state index contributed by atoms with van der Waals surface area (Å²) in [7, 11) is 3.81. The fourth-order valence-electron chi connectivity index (χ4n) is 4.67. The number of carbonyl (C=O) groups excluding carboxylic acids is 1. The van der Waals surface area contributed by atoms with Crippen molar-refractivity contribution in [2.75, 3.05) is 45.2 Å². The number of rotatable bonds is 8. The highest BCUT2D eigenvalue weighted by atomic mass is 16.5. The average molecular weight is 511 g/mol. The van der Waals surface area contributed by atoms with Gasteiger partial charge in [-0.3, -0.25) is 14.2 Å². The number of anilines is 1. The van der Waals surface area contributed by atoms with E-state index < -0.39 is 0 Å². The van der Waals surface area contributed by atoms with Crippen LogP contribution in [0.5, 0.6) is 5.75 Å². The summed E-state index contributed by atoms with van der Waals surface area (Å²) in [4.78, 5) is 43.0. The number of benzene rings is 2. The number of ketones is 1. The van der Waals surface area contributed by atoms with Gasteiger partial charge in [-0.15, -0.1) is 0 Å². The number of carbonyl (C=O) groups is 1. The number of hydrogen-bond donors (Lipinski definition) is 0. The van der Waals surface area contributed by atoms with E-state index in [1.165, 1.54) is 16.8 Å². The summed E-state index contributed by atoms with van der Waals surface area (Å²) in [6.07, 6.45) is 4.82. The zero-order valence-electron chi connectivity index (χ0n) is 21.6. The summed E-state index contributed by atoms with van der Waals surface area (Å²) in [6.45, 7) is 7.53. The summed E-state index contributed by atoms with van der Waals surface area (Å²) >= 11 is 0. The second kappa shape index (κ2) is 10.9. The highest BCUT2D eigenvalue weighted by Gasteiger charge is 2.17. The summed E-state index contributed by atoms with van der Waals surface area (Å²) in [6, 6.07) is 13.5. The maximum absolute atomic E-state index is 12.9. The number of likely N-dealkylation sites (N-methyl/N-ethyl adjacent to an activating group) is 1. The topological polar surface area (TPSA) is 93.4 Å². The molecule has 0 spiro atoms. The highest BCUT2D eigenvalue weighted by molar-refractivity contribution is 5.90. The number of allylic oxidation sites excluding steroid dienone is 1. The Hall–Kier alpha value is -4.37. The van der Waals surface area contributed by atoms with Crippen LogP contribution in [0.15, 0.2) is 72.3 Å². The second-order valence-corrected chi connectivity index (χ2v) is 9.41. The minimum atomic E-state index is -0.316. The standard InChI is InChI=1S/C29H30N6O3/c1-4-24(36)15-20-6-5-7-23(14-20)35-28(37)19-30-25-18-31-27(32-29(25)35)16-21-8-9-22(17-26(21)38-3)34-12-10-33(2)11-13-34/h4-9,14,17-19H,1,10-13,15-16H2,2-3H3. The van der Waals surface area contributed by atoms with Gasteiger partial charge in [0.15, 0.2) is 11.4 Å². The molecule has 1 saturated heterocycles. The van der Waals surface area contributed by atoms with Gasteiger partial charge in [-0.05, 0) is 36.9 Å². The maximum atomic E-state index is 12.9. The summed E-state index contributed by atoms with van der Waals surface area (Å²) in [5.41, 5.74) is 4.06. The first-order valence-electron chi connectivity index (χ1n) is 12.5. The monoisotopic (exact) mass is 510 g/mol. The molecule has 2 aromatic carbocycles. The van der Waals surface area contributed by atoms with E-state index in [2.05, 4.69) is 51.6 Å². The average Bonchev–Trinajstić information content (AvgIpc) is 2.93. The first kappa shape index (κ1) is 25.3. The molecule has 1 aliphatic rings. The molecule has 3 heterocycles. The molecule has 0 amide bonds. The van der Waals surface area contributed by atoms with Crippen molar-refractivity contribution in [2.45, 2.75) is 12.8 Å². The summed E-state index contributed by atoms with van der Waals surface area (Å²) in [5.74, 6) is 1.22. The Kier molecular flexibility index (Phi) is 7.28. The van der Waals surface area contributed by atoms with Crippen molar-refractivity contribution in [1.82, 2.24) is 24.4 Å². The number of ether oxygens (including phenoxy) is 1. The fourth-order valence-corrected chi connectivity index (χ4v) is 4.67. The maximum Gasteiger partial charge on any atom is 0.275 e. The van der Waals surface area contributed by atoms with Crippen LogP contribution in [0.25, 0.3) is 16.9 Å². The molecular formula is C29H30N6O3. The first-order valence-corrected chi connectivity index (χ1v) is 12.5. The molecule has 0 bridgehead atoms. The number of methoxy groups -OCH3 is 1. The Labute approximate surface area is 221 Å². The Morgan fingerprint density at radius 2 is 1.87 bits per heavy atom. The van der Waals surface area contributed by atoms with Crippen molar-refractivity contribution in [3.05, 3.63) is 94.8 Å². The first-order chi connectivity index (χ1) is 18.4. The Bertz CT molecular complexity index is 1560. The molecule has 0 N–H and O–H groups in total. The van der Waals surface area contributed by atoms with E-state index >= 15 is 0 Å². The van der Waals surface area contributed by atoms with Crippen LogP contribution in [-0.2, 0) is 17.6 Å². The second-order valence-electron chi connectivity index (χ2n) is 9.41. The molecule has 2 aromatic heterocycles. The molecule has 0 atom stereocenters. The van der Waals surface area contributed by atoms with Gasteiger partial charge in [0.05, 0.1) is 25.2 Å². The largest absolute Gasteiger partial charge is 0.496 e. The Morgan fingerprint density at radius 3 is 2.63 bits per heavy atom. The third-order valence-electron chi connectivity index (χ3n) is 6.81. The lowest BCUT2D eigenvalue weighted by Crippen LogP contribution is -2.44. The fraction of sp³-hybridized carbons (Fsp3) is 0.276. The van der Waals surface area contributed by atoms with Crippen molar-refractivity contribution in [2.24, 2.45) is 0 Å². The quantitative estimate of drug-likeness (QED) is 0.334. The van der Waals surface area contributed by atoms with E-state index in [4.69, 9.17) is 9.72 Å².